The lowest BCUT2D eigenvalue weighted by Gasteiger charge is -2.31. The van der Waals surface area contributed by atoms with Crippen LogP contribution in [0.4, 0.5) is 10.1 Å². The molecule has 0 radical (unpaired) electrons. The van der Waals surface area contributed by atoms with Gasteiger partial charge < -0.3 is 10.2 Å². The van der Waals surface area contributed by atoms with Gasteiger partial charge in [-0.15, -0.1) is 0 Å². The number of aryl methyl sites for hydroxylation is 1. The highest BCUT2D eigenvalue weighted by atomic mass is 32.2. The van der Waals surface area contributed by atoms with Gasteiger partial charge in [0.25, 0.3) is 0 Å². The van der Waals surface area contributed by atoms with Gasteiger partial charge in [-0.25, -0.2) is 12.8 Å². The topological polar surface area (TPSA) is 86.8 Å². The summed E-state index contributed by atoms with van der Waals surface area (Å²) in [5.74, 6) is -1.58. The number of nitrogens with zero attached hydrogens (tertiary/aromatic N) is 2. The van der Waals surface area contributed by atoms with Crippen molar-refractivity contribution in [2.45, 2.75) is 26.4 Å². The normalized spacial score (nSPS) is 12.2. The van der Waals surface area contributed by atoms with Gasteiger partial charge in [-0.1, -0.05) is 30.3 Å². The minimum atomic E-state index is -3.88. The van der Waals surface area contributed by atoms with E-state index in [1.54, 1.807) is 6.92 Å². The predicted molar refractivity (Wildman–Crippen MR) is 114 cm³/mol. The Kier molecular flexibility index (Phi) is 7.55. The number of benzene rings is 2. The molecule has 9 heteroatoms. The molecule has 1 N–H and O–H groups in total. The van der Waals surface area contributed by atoms with E-state index in [0.29, 0.717) is 0 Å². The van der Waals surface area contributed by atoms with Gasteiger partial charge in [0.05, 0.1) is 11.9 Å². The van der Waals surface area contributed by atoms with Crippen molar-refractivity contribution < 1.29 is 22.4 Å². The van der Waals surface area contributed by atoms with E-state index < -0.39 is 34.3 Å². The van der Waals surface area contributed by atoms with Gasteiger partial charge in [-0.05, 0) is 43.2 Å². The Hall–Kier alpha value is -2.94. The summed E-state index contributed by atoms with van der Waals surface area (Å²) in [6.07, 6.45) is 0.944. The molecule has 0 saturated carbocycles. The van der Waals surface area contributed by atoms with Gasteiger partial charge in [0.1, 0.15) is 18.4 Å². The van der Waals surface area contributed by atoms with E-state index in [1.807, 2.05) is 31.2 Å². The summed E-state index contributed by atoms with van der Waals surface area (Å²) < 4.78 is 39.1. The number of sulfonamides is 1. The smallest absolute Gasteiger partial charge is 0.244 e. The molecule has 2 rings (SSSR count). The monoisotopic (exact) mass is 435 g/mol. The number of anilines is 1. The molecule has 2 aromatic carbocycles. The molecule has 0 unspecified atom stereocenters. The Morgan fingerprint density at radius 2 is 1.80 bits per heavy atom. The van der Waals surface area contributed by atoms with Gasteiger partial charge in [0, 0.05) is 13.6 Å². The largest absolute Gasteiger partial charge is 0.357 e. The van der Waals surface area contributed by atoms with Crippen molar-refractivity contribution in [3.63, 3.8) is 0 Å². The van der Waals surface area contributed by atoms with Gasteiger partial charge in [-0.2, -0.15) is 0 Å². The Balaban J connectivity index is 2.40. The molecule has 0 aliphatic heterocycles. The Bertz CT molecular complexity index is 1030. The van der Waals surface area contributed by atoms with Crippen LogP contribution in [0.2, 0.25) is 0 Å². The summed E-state index contributed by atoms with van der Waals surface area (Å²) >= 11 is 0. The highest BCUT2D eigenvalue weighted by molar-refractivity contribution is 7.92. The fourth-order valence-corrected chi connectivity index (χ4v) is 3.85. The number of carbonyl (C=O) groups excluding carboxylic acids is 2. The van der Waals surface area contributed by atoms with Crippen LogP contribution in [0.5, 0.6) is 0 Å². The molecule has 0 aliphatic carbocycles. The lowest BCUT2D eigenvalue weighted by molar-refractivity contribution is -0.139. The molecule has 0 bridgehead atoms. The van der Waals surface area contributed by atoms with Crippen LogP contribution in [0.15, 0.2) is 48.5 Å². The number of likely N-dealkylation sites (N-methyl/N-ethyl adjacent to an activating group) is 1. The van der Waals surface area contributed by atoms with E-state index in [0.717, 1.165) is 27.8 Å². The molecule has 0 spiro atoms. The third kappa shape index (κ3) is 5.79. The van der Waals surface area contributed by atoms with Gasteiger partial charge in [-0.3, -0.25) is 13.9 Å². The zero-order valence-electron chi connectivity index (χ0n) is 17.4. The average molecular weight is 436 g/mol. The number of carbonyl (C=O) groups is 2. The second kappa shape index (κ2) is 9.71. The number of amides is 2. The van der Waals surface area contributed by atoms with Crippen LogP contribution in [-0.2, 0) is 26.2 Å². The maximum Gasteiger partial charge on any atom is 0.244 e. The highest BCUT2D eigenvalue weighted by Gasteiger charge is 2.30. The quantitative estimate of drug-likeness (QED) is 0.688. The molecule has 0 heterocycles. The summed E-state index contributed by atoms with van der Waals surface area (Å²) in [6, 6.07) is 11.6. The molecular formula is C21H26FN3O4S. The minimum Gasteiger partial charge on any atom is -0.357 e. The summed E-state index contributed by atoms with van der Waals surface area (Å²) in [4.78, 5) is 26.7. The van der Waals surface area contributed by atoms with Crippen molar-refractivity contribution in [3.8, 4) is 0 Å². The minimum absolute atomic E-state index is 0.0364. The first-order valence-electron chi connectivity index (χ1n) is 9.33. The fourth-order valence-electron chi connectivity index (χ4n) is 3.01. The number of halogens is 1. The third-order valence-corrected chi connectivity index (χ3v) is 5.93. The van der Waals surface area contributed by atoms with E-state index in [9.17, 15) is 22.4 Å². The van der Waals surface area contributed by atoms with Crippen LogP contribution in [0, 0.1) is 12.7 Å². The molecule has 2 amide bonds. The second-order valence-corrected chi connectivity index (χ2v) is 8.89. The molecule has 162 valence electrons. The van der Waals surface area contributed by atoms with Crippen molar-refractivity contribution in [2.24, 2.45) is 0 Å². The summed E-state index contributed by atoms with van der Waals surface area (Å²) in [5.41, 5.74) is 1.80. The van der Waals surface area contributed by atoms with Crippen LogP contribution in [0.25, 0.3) is 0 Å². The van der Waals surface area contributed by atoms with Crippen LogP contribution < -0.4 is 9.62 Å². The van der Waals surface area contributed by atoms with E-state index in [4.69, 9.17) is 0 Å². The zero-order valence-corrected chi connectivity index (χ0v) is 18.2. The lowest BCUT2D eigenvalue weighted by Crippen LogP contribution is -2.50. The van der Waals surface area contributed by atoms with Crippen LogP contribution in [0.1, 0.15) is 18.1 Å². The molecular weight excluding hydrogens is 409 g/mol. The number of hydrogen-bond acceptors (Lipinski definition) is 4. The van der Waals surface area contributed by atoms with Crippen LogP contribution >= 0.6 is 0 Å². The molecule has 0 fully saturated rings. The first-order valence-corrected chi connectivity index (χ1v) is 11.2. The summed E-state index contributed by atoms with van der Waals surface area (Å²) in [6.45, 7) is 3.02. The fraction of sp³-hybridized carbons (Fsp3) is 0.333. The Morgan fingerprint density at radius 3 is 2.37 bits per heavy atom. The number of hydrogen-bond donors (Lipinski definition) is 1. The van der Waals surface area contributed by atoms with E-state index in [2.05, 4.69) is 5.32 Å². The third-order valence-electron chi connectivity index (χ3n) is 4.79. The first-order chi connectivity index (χ1) is 14.0. The summed E-state index contributed by atoms with van der Waals surface area (Å²) in [7, 11) is -2.41. The van der Waals surface area contributed by atoms with Crippen molar-refractivity contribution in [1.82, 2.24) is 10.2 Å². The molecule has 30 heavy (non-hydrogen) atoms. The SMILES string of the molecule is CNC(=O)[C@@H](C)N(Cc1ccccc1C)C(=O)CN(c1cccc(F)c1)S(C)(=O)=O. The van der Waals surface area contributed by atoms with Crippen molar-refractivity contribution in [3.05, 3.63) is 65.5 Å². The van der Waals surface area contributed by atoms with Crippen molar-refractivity contribution in [1.29, 1.82) is 0 Å². The predicted octanol–water partition coefficient (Wildman–Crippen LogP) is 2.06. The van der Waals surface area contributed by atoms with Crippen LogP contribution in [0.3, 0.4) is 0 Å². The van der Waals surface area contributed by atoms with Crippen molar-refractivity contribution in [2.75, 3.05) is 24.2 Å². The molecule has 1 atom stereocenters. The molecule has 7 nitrogen and oxygen atoms in total. The van der Waals surface area contributed by atoms with Crippen molar-refractivity contribution >= 4 is 27.5 Å². The van der Waals surface area contributed by atoms with E-state index in [-0.39, 0.29) is 18.1 Å². The molecule has 2 aromatic rings. The summed E-state index contributed by atoms with van der Waals surface area (Å²) in [5, 5.41) is 2.51. The maximum absolute atomic E-state index is 13.7. The lowest BCUT2D eigenvalue weighted by atomic mass is 10.1. The van der Waals surface area contributed by atoms with Gasteiger partial charge >= 0.3 is 0 Å². The average Bonchev–Trinajstić information content (AvgIpc) is 2.69. The number of rotatable bonds is 8. The molecule has 0 saturated heterocycles. The molecule has 0 aromatic heterocycles. The standard InChI is InChI=1S/C21H26FN3O4S/c1-15-8-5-6-9-17(15)13-24(16(2)21(27)23-3)20(26)14-25(30(4,28)29)19-11-7-10-18(22)12-19/h5-12,16H,13-14H2,1-4H3,(H,23,27)/t16-/m1/s1. The van der Waals surface area contributed by atoms with E-state index >= 15 is 0 Å². The number of nitrogens with one attached hydrogen (secondary N) is 1. The maximum atomic E-state index is 13.7. The van der Waals surface area contributed by atoms with Crippen LogP contribution in [-0.4, -0.2) is 51.0 Å². The first kappa shape index (κ1) is 23.3. The Labute approximate surface area is 176 Å². The highest BCUT2D eigenvalue weighted by Crippen LogP contribution is 2.20. The Morgan fingerprint density at radius 1 is 1.13 bits per heavy atom. The van der Waals surface area contributed by atoms with Gasteiger partial charge in [0.15, 0.2) is 0 Å². The molecule has 0 aliphatic rings. The van der Waals surface area contributed by atoms with Gasteiger partial charge in [0.2, 0.25) is 21.8 Å². The second-order valence-electron chi connectivity index (χ2n) is 6.99. The van der Waals surface area contributed by atoms with E-state index in [1.165, 1.54) is 30.1 Å². The zero-order chi connectivity index (χ0) is 22.5.